The summed E-state index contributed by atoms with van der Waals surface area (Å²) in [4.78, 5) is 1.21. The van der Waals surface area contributed by atoms with E-state index in [-0.39, 0.29) is 10.8 Å². The van der Waals surface area contributed by atoms with E-state index >= 15 is 0 Å². The number of aliphatic hydroxyl groups is 1. The van der Waals surface area contributed by atoms with Gasteiger partial charge in [0.25, 0.3) is 0 Å². The molecule has 0 spiro atoms. The summed E-state index contributed by atoms with van der Waals surface area (Å²) in [5.74, 6) is 0.686. The molecule has 0 atom stereocenters. The fraction of sp³-hybridized carbons (Fsp3) is 0.400. The Kier molecular flexibility index (Phi) is 3.65. The number of thioether (sulfide) groups is 1. The molecular formula is C20H24OS. The largest absolute Gasteiger partial charge is 0.387 e. The summed E-state index contributed by atoms with van der Waals surface area (Å²) in [6.45, 7) is 8.69. The molecule has 0 heterocycles. The predicted molar refractivity (Wildman–Crippen MR) is 94.6 cm³/mol. The molecule has 0 aromatic heterocycles. The molecule has 0 saturated carbocycles. The van der Waals surface area contributed by atoms with Crippen molar-refractivity contribution < 1.29 is 5.11 Å². The smallest absolute Gasteiger partial charge is 0.0922 e. The number of rotatable bonds is 3. The maximum atomic E-state index is 11.7. The molecule has 22 heavy (non-hydrogen) atoms. The third-order valence-corrected chi connectivity index (χ3v) is 6.70. The predicted octanol–water partition coefficient (Wildman–Crippen LogP) is 4.78. The molecule has 1 aliphatic carbocycles. The Bertz CT molecular complexity index is 638. The first kappa shape index (κ1) is 15.6. The van der Waals surface area contributed by atoms with Gasteiger partial charge in [-0.2, -0.15) is 0 Å². The highest BCUT2D eigenvalue weighted by Gasteiger charge is 2.61. The summed E-state index contributed by atoms with van der Waals surface area (Å²) >= 11 is 1.74. The van der Waals surface area contributed by atoms with E-state index in [2.05, 4.69) is 64.1 Å². The quantitative estimate of drug-likeness (QED) is 0.823. The molecule has 2 aromatic rings. The third-order valence-electron chi connectivity index (χ3n) is 5.53. The van der Waals surface area contributed by atoms with Gasteiger partial charge in [0.05, 0.1) is 5.60 Å². The Morgan fingerprint density at radius 2 is 1.23 bits per heavy atom. The van der Waals surface area contributed by atoms with E-state index in [1.54, 1.807) is 11.8 Å². The van der Waals surface area contributed by atoms with Crippen molar-refractivity contribution in [2.45, 2.75) is 49.0 Å². The van der Waals surface area contributed by atoms with Crippen molar-refractivity contribution in [1.82, 2.24) is 0 Å². The molecule has 2 aromatic carbocycles. The first-order valence-corrected chi connectivity index (χ1v) is 8.79. The third kappa shape index (κ3) is 2.04. The zero-order chi connectivity index (χ0) is 16.0. The maximum Gasteiger partial charge on any atom is 0.0922 e. The van der Waals surface area contributed by atoms with Crippen molar-refractivity contribution in [2.24, 2.45) is 0 Å². The Morgan fingerprint density at radius 3 is 1.73 bits per heavy atom. The standard InChI is InChI=1S/C20H24OS/c1-18(2)16-12-8-9-13-17(16)19(3,4)20(18,21)14-22-15-10-6-5-7-11-15/h5-13,21H,14H2,1-4H3. The van der Waals surface area contributed by atoms with Crippen molar-refractivity contribution in [1.29, 1.82) is 0 Å². The molecule has 0 fully saturated rings. The molecule has 1 aliphatic rings. The summed E-state index contributed by atoms with van der Waals surface area (Å²) in [5, 5.41) is 11.7. The zero-order valence-electron chi connectivity index (χ0n) is 13.8. The van der Waals surface area contributed by atoms with Gasteiger partial charge in [-0.25, -0.2) is 0 Å². The molecule has 0 radical (unpaired) electrons. The van der Waals surface area contributed by atoms with E-state index < -0.39 is 5.60 Å². The van der Waals surface area contributed by atoms with E-state index in [1.165, 1.54) is 16.0 Å². The van der Waals surface area contributed by atoms with Crippen LogP contribution in [0.25, 0.3) is 0 Å². The number of hydrogen-bond donors (Lipinski definition) is 1. The fourth-order valence-electron chi connectivity index (χ4n) is 3.87. The van der Waals surface area contributed by atoms with Crippen molar-refractivity contribution in [3.05, 3.63) is 65.7 Å². The van der Waals surface area contributed by atoms with Crippen molar-refractivity contribution in [3.63, 3.8) is 0 Å². The van der Waals surface area contributed by atoms with E-state index in [0.717, 1.165) is 0 Å². The van der Waals surface area contributed by atoms with E-state index in [4.69, 9.17) is 0 Å². The van der Waals surface area contributed by atoms with Crippen LogP contribution in [0.3, 0.4) is 0 Å². The minimum absolute atomic E-state index is 0.269. The fourth-order valence-corrected chi connectivity index (χ4v) is 5.31. The van der Waals surface area contributed by atoms with Gasteiger partial charge in [0.15, 0.2) is 0 Å². The molecule has 0 saturated heterocycles. The summed E-state index contributed by atoms with van der Waals surface area (Å²) in [6, 6.07) is 18.8. The van der Waals surface area contributed by atoms with Crippen LogP contribution in [0.4, 0.5) is 0 Å². The first-order valence-electron chi connectivity index (χ1n) is 7.81. The molecular weight excluding hydrogens is 288 g/mol. The molecule has 0 amide bonds. The van der Waals surface area contributed by atoms with Crippen LogP contribution in [0.2, 0.25) is 0 Å². The summed E-state index contributed by atoms with van der Waals surface area (Å²) in [7, 11) is 0. The second-order valence-electron chi connectivity index (χ2n) is 7.26. The van der Waals surface area contributed by atoms with Gasteiger partial charge < -0.3 is 5.11 Å². The topological polar surface area (TPSA) is 20.2 Å². The first-order chi connectivity index (χ1) is 10.3. The average molecular weight is 312 g/mol. The zero-order valence-corrected chi connectivity index (χ0v) is 14.6. The number of benzene rings is 2. The van der Waals surface area contributed by atoms with Gasteiger partial charge in [0.2, 0.25) is 0 Å². The summed E-state index contributed by atoms with van der Waals surface area (Å²) in [5.41, 5.74) is 1.22. The monoisotopic (exact) mass is 312 g/mol. The number of hydrogen-bond acceptors (Lipinski definition) is 2. The molecule has 0 unspecified atom stereocenters. The van der Waals surface area contributed by atoms with Crippen LogP contribution in [0.15, 0.2) is 59.5 Å². The minimum Gasteiger partial charge on any atom is -0.387 e. The molecule has 3 rings (SSSR count). The summed E-state index contributed by atoms with van der Waals surface area (Å²) in [6.07, 6.45) is 0. The Hall–Kier alpha value is -1.25. The van der Waals surface area contributed by atoms with E-state index in [0.29, 0.717) is 5.75 Å². The molecule has 0 bridgehead atoms. The number of fused-ring (bicyclic) bond motifs is 1. The van der Waals surface area contributed by atoms with Gasteiger partial charge in [-0.3, -0.25) is 0 Å². The van der Waals surface area contributed by atoms with E-state index in [9.17, 15) is 5.11 Å². The van der Waals surface area contributed by atoms with E-state index in [1.807, 2.05) is 18.2 Å². The Labute approximate surface area is 137 Å². The van der Waals surface area contributed by atoms with Crippen LogP contribution in [-0.2, 0) is 10.8 Å². The molecule has 1 N–H and O–H groups in total. The van der Waals surface area contributed by atoms with Crippen LogP contribution < -0.4 is 0 Å². The lowest BCUT2D eigenvalue weighted by Crippen LogP contribution is -2.56. The molecule has 116 valence electrons. The SMILES string of the molecule is CC1(C)c2ccccc2C(C)(C)C1(O)CSc1ccccc1. The van der Waals surface area contributed by atoms with Crippen molar-refractivity contribution in [2.75, 3.05) is 5.75 Å². The lowest BCUT2D eigenvalue weighted by molar-refractivity contribution is -0.0451. The Morgan fingerprint density at radius 1 is 0.773 bits per heavy atom. The van der Waals surface area contributed by atoms with Crippen LogP contribution >= 0.6 is 11.8 Å². The van der Waals surface area contributed by atoms with Crippen LogP contribution in [0, 0.1) is 0 Å². The Balaban J connectivity index is 1.99. The van der Waals surface area contributed by atoms with Crippen LogP contribution in [0.1, 0.15) is 38.8 Å². The van der Waals surface area contributed by atoms with Gasteiger partial charge in [-0.1, -0.05) is 70.2 Å². The normalized spacial score (nSPS) is 20.6. The lowest BCUT2D eigenvalue weighted by atomic mass is 9.67. The summed E-state index contributed by atoms with van der Waals surface area (Å²) < 4.78 is 0. The van der Waals surface area contributed by atoms with Crippen LogP contribution in [-0.4, -0.2) is 16.5 Å². The second-order valence-corrected chi connectivity index (χ2v) is 8.31. The lowest BCUT2D eigenvalue weighted by Gasteiger charge is -2.45. The highest BCUT2D eigenvalue weighted by molar-refractivity contribution is 7.99. The highest BCUT2D eigenvalue weighted by atomic mass is 32.2. The maximum absolute atomic E-state index is 11.7. The van der Waals surface area contributed by atoms with Crippen molar-refractivity contribution >= 4 is 11.8 Å². The van der Waals surface area contributed by atoms with Gasteiger partial charge in [0.1, 0.15) is 0 Å². The highest BCUT2D eigenvalue weighted by Crippen LogP contribution is 2.57. The van der Waals surface area contributed by atoms with Gasteiger partial charge >= 0.3 is 0 Å². The van der Waals surface area contributed by atoms with Crippen molar-refractivity contribution in [3.8, 4) is 0 Å². The molecule has 2 heteroatoms. The minimum atomic E-state index is -0.788. The van der Waals surface area contributed by atoms with Gasteiger partial charge in [0, 0.05) is 21.5 Å². The van der Waals surface area contributed by atoms with Gasteiger partial charge in [-0.05, 0) is 23.3 Å². The van der Waals surface area contributed by atoms with Crippen LogP contribution in [0.5, 0.6) is 0 Å². The average Bonchev–Trinajstić information content (AvgIpc) is 2.63. The van der Waals surface area contributed by atoms with Gasteiger partial charge in [-0.15, -0.1) is 11.8 Å². The molecule has 0 aliphatic heterocycles. The second kappa shape index (κ2) is 5.14. The molecule has 1 nitrogen and oxygen atoms in total.